The predicted octanol–water partition coefficient (Wildman–Crippen LogP) is 4.18. The van der Waals surface area contributed by atoms with Crippen molar-refractivity contribution in [3.8, 4) is 0 Å². The molecular weight excluding hydrogens is 272 g/mol. The van der Waals surface area contributed by atoms with Crippen molar-refractivity contribution in [2.24, 2.45) is 11.8 Å². The Morgan fingerprint density at radius 2 is 1.32 bits per heavy atom. The fourth-order valence-electron chi connectivity index (χ4n) is 2.12. The highest BCUT2D eigenvalue weighted by molar-refractivity contribution is 6.78. The van der Waals surface area contributed by atoms with Crippen LogP contribution in [0, 0.1) is 11.8 Å². The van der Waals surface area contributed by atoms with Gasteiger partial charge in [-0.2, -0.15) is 0 Å². The van der Waals surface area contributed by atoms with Crippen molar-refractivity contribution in [2.75, 3.05) is 14.2 Å². The molecule has 1 atom stereocenters. The highest BCUT2D eigenvalue weighted by Gasteiger charge is 2.45. The van der Waals surface area contributed by atoms with E-state index in [0.29, 0.717) is 17.6 Å². The maximum atomic E-state index is 6.48. The van der Waals surface area contributed by atoms with Crippen molar-refractivity contribution in [1.82, 2.24) is 0 Å². The minimum Gasteiger partial charge on any atom is -0.377 e. The van der Waals surface area contributed by atoms with E-state index in [9.17, 15) is 0 Å². The first-order chi connectivity index (χ1) is 8.56. The Bertz CT molecular complexity index is 246. The van der Waals surface area contributed by atoms with Crippen molar-refractivity contribution in [2.45, 2.75) is 65.5 Å². The molecule has 3 nitrogen and oxygen atoms in total. The van der Waals surface area contributed by atoms with Gasteiger partial charge >= 0.3 is 8.80 Å². The summed E-state index contributed by atoms with van der Waals surface area (Å²) in [5.74, 6) is 1.16. The normalized spacial score (nSPS) is 15.3. The highest BCUT2D eigenvalue weighted by atomic mass is 28.4. The topological polar surface area (TPSA) is 27.7 Å². The Hall–Kier alpha value is 0.314. The molecule has 0 aromatic carbocycles. The lowest BCUT2D eigenvalue weighted by Crippen LogP contribution is -2.54. The summed E-state index contributed by atoms with van der Waals surface area (Å²) in [7, 11) is -0.440. The molecule has 0 radical (unpaired) electrons. The Balaban J connectivity index is 5.03. The zero-order valence-corrected chi connectivity index (χ0v) is 16.4. The molecule has 0 spiro atoms. The molecule has 0 aromatic heterocycles. The second kappa shape index (κ2) is 7.93. The van der Waals surface area contributed by atoms with Crippen LogP contribution in [0.2, 0.25) is 25.7 Å². The van der Waals surface area contributed by atoms with Gasteiger partial charge in [0.2, 0.25) is 0 Å². The van der Waals surface area contributed by atoms with Crippen LogP contribution in [-0.4, -0.2) is 36.8 Å². The fourth-order valence-corrected chi connectivity index (χ4v) is 7.57. The number of hydrogen-bond acceptors (Lipinski definition) is 3. The molecule has 0 saturated heterocycles. The van der Waals surface area contributed by atoms with Crippen molar-refractivity contribution in [3.05, 3.63) is 0 Å². The van der Waals surface area contributed by atoms with Crippen LogP contribution >= 0.6 is 0 Å². The quantitative estimate of drug-likeness (QED) is 0.598. The van der Waals surface area contributed by atoms with Crippen molar-refractivity contribution < 1.29 is 13.3 Å². The lowest BCUT2D eigenvalue weighted by Gasteiger charge is -2.38. The van der Waals surface area contributed by atoms with Gasteiger partial charge in [-0.25, -0.2) is 0 Å². The summed E-state index contributed by atoms with van der Waals surface area (Å²) in [6.45, 7) is 16.0. The third kappa shape index (κ3) is 7.04. The van der Waals surface area contributed by atoms with Gasteiger partial charge in [0.05, 0.1) is 8.07 Å². The standard InChI is InChI=1S/C14H34O3Si2/c1-12(2)10-14(18(7,8)9)17-19(15-5,16-6)11-13(3)4/h12-14H,10-11H2,1-9H3. The Morgan fingerprint density at radius 3 is 1.58 bits per heavy atom. The molecule has 0 aliphatic carbocycles. The second-order valence-electron chi connectivity index (χ2n) is 7.29. The Labute approximate surface area is 122 Å². The first kappa shape index (κ1) is 19.3. The van der Waals surface area contributed by atoms with E-state index in [1.807, 2.05) is 0 Å². The molecule has 0 saturated carbocycles. The molecule has 116 valence electrons. The van der Waals surface area contributed by atoms with Crippen LogP contribution < -0.4 is 0 Å². The van der Waals surface area contributed by atoms with E-state index in [1.54, 1.807) is 14.2 Å². The third-order valence-electron chi connectivity index (χ3n) is 3.25. The zero-order chi connectivity index (χ0) is 15.3. The van der Waals surface area contributed by atoms with E-state index >= 15 is 0 Å². The van der Waals surface area contributed by atoms with Gasteiger partial charge in [0.15, 0.2) is 0 Å². The van der Waals surface area contributed by atoms with Gasteiger partial charge in [0.1, 0.15) is 0 Å². The molecular formula is C14H34O3Si2. The highest BCUT2D eigenvalue weighted by Crippen LogP contribution is 2.28. The molecule has 0 rings (SSSR count). The summed E-state index contributed by atoms with van der Waals surface area (Å²) in [6, 6.07) is 0.888. The molecule has 0 bridgehead atoms. The molecule has 0 heterocycles. The van der Waals surface area contributed by atoms with Crippen molar-refractivity contribution >= 4 is 16.9 Å². The number of hydrogen-bond donors (Lipinski definition) is 0. The van der Waals surface area contributed by atoms with E-state index in [4.69, 9.17) is 13.3 Å². The third-order valence-corrected chi connectivity index (χ3v) is 8.98. The zero-order valence-electron chi connectivity index (χ0n) is 14.4. The molecule has 0 aliphatic heterocycles. The van der Waals surface area contributed by atoms with E-state index in [2.05, 4.69) is 47.3 Å². The van der Waals surface area contributed by atoms with Gasteiger partial charge in [-0.1, -0.05) is 47.3 Å². The van der Waals surface area contributed by atoms with Gasteiger partial charge in [-0.3, -0.25) is 0 Å². The summed E-state index contributed by atoms with van der Waals surface area (Å²) in [5, 5.41) is 0. The van der Waals surface area contributed by atoms with Gasteiger partial charge in [0, 0.05) is 26.0 Å². The summed E-state index contributed by atoms with van der Waals surface area (Å²) < 4.78 is 17.9. The Kier molecular flexibility index (Phi) is 8.06. The SMILES string of the molecule is CO[Si](CC(C)C)(OC)OC(CC(C)C)[Si](C)(C)C. The van der Waals surface area contributed by atoms with Crippen LogP contribution in [0.25, 0.3) is 0 Å². The largest absolute Gasteiger partial charge is 0.500 e. The molecule has 0 N–H and O–H groups in total. The summed E-state index contributed by atoms with van der Waals surface area (Å²) in [4.78, 5) is 0. The molecule has 1 unspecified atom stereocenters. The van der Waals surface area contributed by atoms with Crippen molar-refractivity contribution in [3.63, 3.8) is 0 Å². The van der Waals surface area contributed by atoms with Crippen LogP contribution in [0.3, 0.4) is 0 Å². The lowest BCUT2D eigenvalue weighted by atomic mass is 10.1. The molecule has 19 heavy (non-hydrogen) atoms. The van der Waals surface area contributed by atoms with Crippen LogP contribution in [0.1, 0.15) is 34.1 Å². The summed E-state index contributed by atoms with van der Waals surface area (Å²) in [5.41, 5.74) is 0.304. The maximum Gasteiger partial charge on any atom is 0.500 e. The number of rotatable bonds is 9. The van der Waals surface area contributed by atoms with Crippen LogP contribution in [0.15, 0.2) is 0 Å². The molecule has 0 aliphatic rings. The smallest absolute Gasteiger partial charge is 0.377 e. The minimum absolute atomic E-state index is 0.304. The molecule has 5 heteroatoms. The Morgan fingerprint density at radius 1 is 0.842 bits per heavy atom. The van der Waals surface area contributed by atoms with Crippen LogP contribution in [-0.2, 0) is 13.3 Å². The van der Waals surface area contributed by atoms with Crippen molar-refractivity contribution in [1.29, 1.82) is 0 Å². The first-order valence-corrected chi connectivity index (χ1v) is 12.9. The second-order valence-corrected chi connectivity index (χ2v) is 15.5. The average molecular weight is 307 g/mol. The van der Waals surface area contributed by atoms with E-state index < -0.39 is 16.9 Å². The van der Waals surface area contributed by atoms with Crippen LogP contribution in [0.4, 0.5) is 0 Å². The summed E-state index contributed by atoms with van der Waals surface area (Å²) >= 11 is 0. The molecule has 0 amide bonds. The van der Waals surface area contributed by atoms with Crippen LogP contribution in [0.5, 0.6) is 0 Å². The average Bonchev–Trinajstić information content (AvgIpc) is 2.24. The predicted molar refractivity (Wildman–Crippen MR) is 87.1 cm³/mol. The van der Waals surface area contributed by atoms with E-state index in [-0.39, 0.29) is 0 Å². The summed E-state index contributed by atoms with van der Waals surface area (Å²) in [6.07, 6.45) is 1.09. The first-order valence-electron chi connectivity index (χ1n) is 7.34. The van der Waals surface area contributed by atoms with Gasteiger partial charge in [0.25, 0.3) is 0 Å². The fraction of sp³-hybridized carbons (Fsp3) is 1.00. The lowest BCUT2D eigenvalue weighted by molar-refractivity contribution is 0.0709. The maximum absolute atomic E-state index is 6.48. The van der Waals surface area contributed by atoms with E-state index in [1.165, 1.54) is 0 Å². The van der Waals surface area contributed by atoms with E-state index in [0.717, 1.165) is 12.5 Å². The molecule has 0 aromatic rings. The minimum atomic E-state index is -2.51. The van der Waals surface area contributed by atoms with Gasteiger partial charge in [-0.15, -0.1) is 0 Å². The van der Waals surface area contributed by atoms with Gasteiger partial charge < -0.3 is 13.3 Å². The molecule has 0 fully saturated rings. The van der Waals surface area contributed by atoms with Gasteiger partial charge in [-0.05, 0) is 18.3 Å². The monoisotopic (exact) mass is 306 g/mol.